The highest BCUT2D eigenvalue weighted by molar-refractivity contribution is 8.00. The number of non-ortho nitro benzene ring substituents is 1. The van der Waals surface area contributed by atoms with E-state index in [1.165, 1.54) is 29.2 Å². The molecule has 122 valence electrons. The van der Waals surface area contributed by atoms with Crippen molar-refractivity contribution in [1.29, 1.82) is 0 Å². The molecule has 0 saturated carbocycles. The van der Waals surface area contributed by atoms with Crippen LogP contribution in [-0.4, -0.2) is 39.4 Å². The summed E-state index contributed by atoms with van der Waals surface area (Å²) < 4.78 is 5.10. The number of rotatable bonds is 8. The molecule has 23 heavy (non-hydrogen) atoms. The van der Waals surface area contributed by atoms with E-state index >= 15 is 0 Å². The molecule has 8 heteroatoms. The minimum Gasteiger partial charge on any atom is -0.459 e. The highest BCUT2D eigenvalue weighted by Crippen LogP contribution is 2.29. The average molecular weight is 336 g/mol. The Morgan fingerprint density at radius 2 is 2.17 bits per heavy atom. The maximum Gasteiger partial charge on any atom is 0.326 e. The fraction of sp³-hybridized carbons (Fsp3) is 0.333. The second-order valence-corrected chi connectivity index (χ2v) is 6.10. The van der Waals surface area contributed by atoms with Crippen molar-refractivity contribution in [2.45, 2.75) is 18.4 Å². The monoisotopic (exact) mass is 336 g/mol. The number of esters is 1. The lowest BCUT2D eigenvalue weighted by molar-refractivity contribution is -0.384. The fourth-order valence-corrected chi connectivity index (χ4v) is 3.00. The fourth-order valence-electron chi connectivity index (χ4n) is 2.01. The molecule has 0 N–H and O–H groups in total. The molecule has 0 aromatic heterocycles. The minimum atomic E-state index is -0.499. The van der Waals surface area contributed by atoms with E-state index in [4.69, 9.17) is 4.74 Å². The molecule has 1 heterocycles. The number of amides is 1. The van der Waals surface area contributed by atoms with Gasteiger partial charge in [-0.3, -0.25) is 19.7 Å². The lowest BCUT2D eigenvalue weighted by Gasteiger charge is -2.38. The lowest BCUT2D eigenvalue weighted by Crippen LogP contribution is -2.53. The van der Waals surface area contributed by atoms with Gasteiger partial charge in [-0.25, -0.2) is 0 Å². The van der Waals surface area contributed by atoms with Crippen LogP contribution in [-0.2, 0) is 20.9 Å². The van der Waals surface area contributed by atoms with E-state index in [-0.39, 0.29) is 30.1 Å². The zero-order chi connectivity index (χ0) is 16.8. The third-order valence-electron chi connectivity index (χ3n) is 3.27. The van der Waals surface area contributed by atoms with Gasteiger partial charge in [0.15, 0.2) is 0 Å². The molecule has 1 atom stereocenters. The maximum atomic E-state index is 11.8. The van der Waals surface area contributed by atoms with Gasteiger partial charge in [0.05, 0.1) is 16.7 Å². The lowest BCUT2D eigenvalue weighted by atomic mass is 10.2. The number of nitro groups is 1. The summed E-state index contributed by atoms with van der Waals surface area (Å²) in [6.45, 7) is 3.55. The van der Waals surface area contributed by atoms with Gasteiger partial charge in [-0.1, -0.05) is 6.08 Å². The van der Waals surface area contributed by atoms with Gasteiger partial charge in [0.1, 0.15) is 13.2 Å². The Hall–Kier alpha value is -2.35. The molecule has 2 rings (SSSR count). The molecule has 0 aliphatic carbocycles. The average Bonchev–Trinajstić information content (AvgIpc) is 2.54. The second-order valence-electron chi connectivity index (χ2n) is 4.89. The number of hydrogen-bond acceptors (Lipinski definition) is 6. The number of nitro benzene ring substituents is 1. The molecular formula is C15H16N2O5S. The molecule has 0 bridgehead atoms. The third kappa shape index (κ3) is 4.56. The van der Waals surface area contributed by atoms with Crippen molar-refractivity contribution in [2.75, 3.05) is 12.3 Å². The summed E-state index contributed by atoms with van der Waals surface area (Å²) in [5.41, 5.74) is 0.629. The van der Waals surface area contributed by atoms with E-state index in [0.717, 1.165) is 0 Å². The number of thioether (sulfide) groups is 1. The van der Waals surface area contributed by atoms with E-state index in [0.29, 0.717) is 17.7 Å². The summed E-state index contributed by atoms with van der Waals surface area (Å²) in [7, 11) is 0. The standard InChI is InChI=1S/C15H16N2O5S/c1-2-7-23-14-8-13(18)16(14)9-15(19)22-10-11-3-5-12(6-4-11)17(20)21/h2-6,14H,1,7-10H2. The van der Waals surface area contributed by atoms with Crippen LogP contribution >= 0.6 is 11.8 Å². The van der Waals surface area contributed by atoms with Crippen LogP contribution in [0.4, 0.5) is 5.69 Å². The van der Waals surface area contributed by atoms with Crippen molar-refractivity contribution in [3.63, 3.8) is 0 Å². The predicted octanol–water partition coefficient (Wildman–Crippen LogP) is 2.12. The molecule has 0 radical (unpaired) electrons. The number of benzene rings is 1. The van der Waals surface area contributed by atoms with Crippen molar-refractivity contribution in [2.24, 2.45) is 0 Å². The first kappa shape index (κ1) is 17.0. The van der Waals surface area contributed by atoms with Gasteiger partial charge < -0.3 is 9.64 Å². The van der Waals surface area contributed by atoms with E-state index in [2.05, 4.69) is 6.58 Å². The van der Waals surface area contributed by atoms with Crippen molar-refractivity contribution in [1.82, 2.24) is 4.90 Å². The van der Waals surface area contributed by atoms with Gasteiger partial charge in [-0.15, -0.1) is 18.3 Å². The molecular weight excluding hydrogens is 320 g/mol. The number of carbonyl (C=O) groups is 2. The summed E-state index contributed by atoms with van der Waals surface area (Å²) in [6, 6.07) is 5.76. The van der Waals surface area contributed by atoms with E-state index in [1.807, 2.05) is 0 Å². The summed E-state index contributed by atoms with van der Waals surface area (Å²) >= 11 is 1.55. The number of likely N-dealkylation sites (tertiary alicyclic amines) is 1. The maximum absolute atomic E-state index is 11.8. The highest BCUT2D eigenvalue weighted by atomic mass is 32.2. The topological polar surface area (TPSA) is 89.8 Å². The van der Waals surface area contributed by atoms with Crippen molar-refractivity contribution in [3.05, 3.63) is 52.6 Å². The Bertz CT molecular complexity index is 617. The van der Waals surface area contributed by atoms with Gasteiger partial charge >= 0.3 is 5.97 Å². The van der Waals surface area contributed by atoms with Crippen LogP contribution in [0.5, 0.6) is 0 Å². The third-order valence-corrected chi connectivity index (χ3v) is 4.50. The molecule has 1 saturated heterocycles. The molecule has 1 aromatic carbocycles. The molecule has 1 unspecified atom stereocenters. The molecule has 1 aliphatic heterocycles. The van der Waals surface area contributed by atoms with Gasteiger partial charge in [0, 0.05) is 17.9 Å². The Morgan fingerprint density at radius 3 is 2.74 bits per heavy atom. The largest absolute Gasteiger partial charge is 0.459 e. The van der Waals surface area contributed by atoms with Crippen molar-refractivity contribution < 1.29 is 19.2 Å². The normalized spacial score (nSPS) is 16.6. The molecule has 7 nitrogen and oxygen atoms in total. The van der Waals surface area contributed by atoms with Crippen LogP contribution < -0.4 is 0 Å². The van der Waals surface area contributed by atoms with Crippen LogP contribution in [0.2, 0.25) is 0 Å². The first-order valence-corrected chi connectivity index (χ1v) is 7.97. The number of nitrogens with zero attached hydrogens (tertiary/aromatic N) is 2. The summed E-state index contributed by atoms with van der Waals surface area (Å²) in [6.07, 6.45) is 2.17. The number of β-lactam (4-membered cyclic amide) rings is 1. The number of carbonyl (C=O) groups excluding carboxylic acids is 2. The van der Waals surface area contributed by atoms with Crippen LogP contribution in [0, 0.1) is 10.1 Å². The Balaban J connectivity index is 1.79. The molecule has 1 aliphatic rings. The zero-order valence-electron chi connectivity index (χ0n) is 12.3. The first-order chi connectivity index (χ1) is 11.0. The summed E-state index contributed by atoms with van der Waals surface area (Å²) in [5.74, 6) is 0.145. The Kier molecular flexibility index (Phi) is 5.75. The second kappa shape index (κ2) is 7.77. The summed E-state index contributed by atoms with van der Waals surface area (Å²) in [4.78, 5) is 34.9. The van der Waals surface area contributed by atoms with E-state index < -0.39 is 10.9 Å². The summed E-state index contributed by atoms with van der Waals surface area (Å²) in [5, 5.41) is 10.5. The molecule has 1 aromatic rings. The Labute approximate surface area is 137 Å². The van der Waals surface area contributed by atoms with E-state index in [9.17, 15) is 19.7 Å². The van der Waals surface area contributed by atoms with Gasteiger partial charge in [0.25, 0.3) is 5.69 Å². The first-order valence-electron chi connectivity index (χ1n) is 6.92. The van der Waals surface area contributed by atoms with Crippen LogP contribution in [0.1, 0.15) is 12.0 Å². The highest BCUT2D eigenvalue weighted by Gasteiger charge is 2.37. The van der Waals surface area contributed by atoms with Crippen molar-refractivity contribution in [3.8, 4) is 0 Å². The molecule has 0 spiro atoms. The molecule has 1 fully saturated rings. The van der Waals surface area contributed by atoms with Crippen molar-refractivity contribution >= 4 is 29.3 Å². The molecule has 1 amide bonds. The van der Waals surface area contributed by atoms with Gasteiger partial charge in [-0.05, 0) is 17.7 Å². The number of ether oxygens (including phenoxy) is 1. The quantitative estimate of drug-likeness (QED) is 0.237. The number of hydrogen-bond donors (Lipinski definition) is 0. The Morgan fingerprint density at radius 1 is 1.48 bits per heavy atom. The van der Waals surface area contributed by atoms with Gasteiger partial charge in [0.2, 0.25) is 5.91 Å². The van der Waals surface area contributed by atoms with Crippen LogP contribution in [0.3, 0.4) is 0 Å². The SMILES string of the molecule is C=CCSC1CC(=O)N1CC(=O)OCc1ccc([N+](=O)[O-])cc1. The van der Waals surface area contributed by atoms with Crippen LogP contribution in [0.15, 0.2) is 36.9 Å². The smallest absolute Gasteiger partial charge is 0.326 e. The van der Waals surface area contributed by atoms with E-state index in [1.54, 1.807) is 17.8 Å². The zero-order valence-corrected chi connectivity index (χ0v) is 13.2. The van der Waals surface area contributed by atoms with Crippen LogP contribution in [0.25, 0.3) is 0 Å². The minimum absolute atomic E-state index is 0.00701. The van der Waals surface area contributed by atoms with Gasteiger partial charge in [-0.2, -0.15) is 0 Å². The predicted molar refractivity (Wildman–Crippen MR) is 85.7 cm³/mol.